The monoisotopic (exact) mass is 252 g/mol. The molecule has 4 N–H and O–H groups in total. The fourth-order valence-corrected chi connectivity index (χ4v) is 1.64. The molecule has 0 radical (unpaired) electrons. The van der Waals surface area contributed by atoms with E-state index < -0.39 is 12.0 Å². The van der Waals surface area contributed by atoms with E-state index in [1.807, 2.05) is 0 Å². The fourth-order valence-electron chi connectivity index (χ4n) is 1.64. The topological polar surface area (TPSA) is 114 Å². The lowest BCUT2D eigenvalue weighted by Crippen LogP contribution is -2.32. The van der Waals surface area contributed by atoms with Crippen molar-refractivity contribution in [3.63, 3.8) is 0 Å². The third kappa shape index (κ3) is 3.81. The number of Topliss-reactive ketones (excluding diaryl/α,β-unsaturated/α-hetero) is 1. The minimum Gasteiger partial charge on any atom is -0.506 e. The highest BCUT2D eigenvalue weighted by atomic mass is 16.4. The molecule has 0 bridgehead atoms. The van der Waals surface area contributed by atoms with Crippen molar-refractivity contribution in [1.29, 1.82) is 0 Å². The van der Waals surface area contributed by atoms with Crippen LogP contribution in [0.2, 0.25) is 0 Å². The normalized spacial score (nSPS) is 13.9. The fraction of sp³-hybridized carbons (Fsp3) is 0.417. The first-order chi connectivity index (χ1) is 8.41. The van der Waals surface area contributed by atoms with Crippen LogP contribution < -0.4 is 5.73 Å². The molecular formula is C12H16N2O4. The maximum absolute atomic E-state index is 11.8. The molecule has 1 aromatic heterocycles. The molecule has 0 spiro atoms. The molecule has 18 heavy (non-hydrogen) atoms. The van der Waals surface area contributed by atoms with Crippen molar-refractivity contribution in [3.05, 3.63) is 24.0 Å². The summed E-state index contributed by atoms with van der Waals surface area (Å²) in [4.78, 5) is 26.2. The Kier molecular flexibility index (Phi) is 4.79. The number of rotatable bonds is 6. The molecule has 1 rings (SSSR count). The van der Waals surface area contributed by atoms with E-state index >= 15 is 0 Å². The summed E-state index contributed by atoms with van der Waals surface area (Å²) in [5.41, 5.74) is 5.39. The summed E-state index contributed by atoms with van der Waals surface area (Å²) in [6, 6.07) is 1.93. The molecule has 0 saturated heterocycles. The number of aliphatic carboxylic acids is 1. The predicted molar refractivity (Wildman–Crippen MR) is 64.2 cm³/mol. The maximum Gasteiger partial charge on any atom is 0.320 e. The lowest BCUT2D eigenvalue weighted by molar-refractivity contribution is -0.138. The summed E-state index contributed by atoms with van der Waals surface area (Å²) >= 11 is 0. The zero-order valence-electron chi connectivity index (χ0n) is 10.0. The highest BCUT2D eigenvalue weighted by Crippen LogP contribution is 2.19. The number of hydrogen-bond donors (Lipinski definition) is 3. The summed E-state index contributed by atoms with van der Waals surface area (Å²) in [6.45, 7) is 1.74. The Morgan fingerprint density at radius 2 is 2.17 bits per heavy atom. The van der Waals surface area contributed by atoms with Crippen LogP contribution in [0.4, 0.5) is 0 Å². The molecule has 1 unspecified atom stereocenters. The van der Waals surface area contributed by atoms with Gasteiger partial charge in [-0.2, -0.15) is 0 Å². The molecule has 98 valence electrons. The second-order valence-electron chi connectivity index (χ2n) is 4.28. The van der Waals surface area contributed by atoms with Gasteiger partial charge >= 0.3 is 5.97 Å². The van der Waals surface area contributed by atoms with E-state index in [0.29, 0.717) is 0 Å². The van der Waals surface area contributed by atoms with Crippen molar-refractivity contribution in [1.82, 2.24) is 4.98 Å². The molecule has 0 aliphatic heterocycles. The van der Waals surface area contributed by atoms with Crippen molar-refractivity contribution < 1.29 is 19.8 Å². The van der Waals surface area contributed by atoms with E-state index in [9.17, 15) is 14.7 Å². The number of hydrogen-bond acceptors (Lipinski definition) is 5. The second-order valence-corrected chi connectivity index (χ2v) is 4.28. The number of aromatic hydroxyl groups is 1. The number of carboxylic acids is 1. The molecule has 0 amide bonds. The van der Waals surface area contributed by atoms with Crippen molar-refractivity contribution in [3.8, 4) is 5.75 Å². The summed E-state index contributed by atoms with van der Waals surface area (Å²) in [5, 5.41) is 18.1. The first-order valence-corrected chi connectivity index (χ1v) is 5.57. The van der Waals surface area contributed by atoms with E-state index in [4.69, 9.17) is 10.8 Å². The lowest BCUT2D eigenvalue weighted by atomic mass is 9.95. The van der Waals surface area contributed by atoms with Gasteiger partial charge in [-0.3, -0.25) is 9.59 Å². The standard InChI is InChI=1S/C12H16N2O4/c1-7(5-8(13)12(17)18)6-10(16)11-9(15)3-2-4-14-11/h2-4,7-8,15H,5-6,13H2,1H3,(H,17,18)/t7?,8-/m0/s1. The number of nitrogens with zero attached hydrogens (tertiary/aromatic N) is 1. The minimum atomic E-state index is -1.09. The van der Waals surface area contributed by atoms with Crippen LogP contribution in [0, 0.1) is 5.92 Å². The average molecular weight is 252 g/mol. The van der Waals surface area contributed by atoms with Gasteiger partial charge in [-0.1, -0.05) is 6.92 Å². The van der Waals surface area contributed by atoms with E-state index in [1.54, 1.807) is 6.92 Å². The van der Waals surface area contributed by atoms with Gasteiger partial charge in [0.15, 0.2) is 5.78 Å². The Hall–Kier alpha value is -1.95. The quantitative estimate of drug-likeness (QED) is 0.645. The molecular weight excluding hydrogens is 236 g/mol. The van der Waals surface area contributed by atoms with E-state index in [2.05, 4.69) is 4.98 Å². The molecule has 6 heteroatoms. The van der Waals surface area contributed by atoms with E-state index in [1.165, 1.54) is 18.3 Å². The Bertz CT molecular complexity index is 447. The SMILES string of the molecule is CC(CC(=O)c1ncccc1O)C[C@H](N)C(=O)O. The summed E-state index contributed by atoms with van der Waals surface area (Å²) < 4.78 is 0. The van der Waals surface area contributed by atoms with Gasteiger partial charge in [-0.15, -0.1) is 0 Å². The average Bonchev–Trinajstić information content (AvgIpc) is 2.28. The van der Waals surface area contributed by atoms with Crippen LogP contribution in [0.3, 0.4) is 0 Å². The zero-order chi connectivity index (χ0) is 13.7. The van der Waals surface area contributed by atoms with Crippen LogP contribution in [-0.4, -0.2) is 33.0 Å². The largest absolute Gasteiger partial charge is 0.506 e. The first-order valence-electron chi connectivity index (χ1n) is 5.57. The van der Waals surface area contributed by atoms with Gasteiger partial charge in [-0.25, -0.2) is 4.98 Å². The molecule has 0 aliphatic rings. The highest BCUT2D eigenvalue weighted by molar-refractivity contribution is 5.96. The summed E-state index contributed by atoms with van der Waals surface area (Å²) in [6.07, 6.45) is 1.72. The Morgan fingerprint density at radius 3 is 2.72 bits per heavy atom. The lowest BCUT2D eigenvalue weighted by Gasteiger charge is -2.13. The Labute approximate surface area is 104 Å². The van der Waals surface area contributed by atoms with Crippen LogP contribution in [0.5, 0.6) is 5.75 Å². The number of nitrogens with two attached hydrogens (primary N) is 1. The predicted octanol–water partition coefficient (Wildman–Crippen LogP) is 0.798. The van der Waals surface area contributed by atoms with Crippen LogP contribution in [0.1, 0.15) is 30.3 Å². The van der Waals surface area contributed by atoms with Gasteiger partial charge < -0.3 is 15.9 Å². The molecule has 0 aliphatic carbocycles. The van der Waals surface area contributed by atoms with Crippen LogP contribution in [-0.2, 0) is 4.79 Å². The number of carboxylic acid groups (broad SMARTS) is 1. The number of carbonyl (C=O) groups excluding carboxylic acids is 1. The van der Waals surface area contributed by atoms with Crippen molar-refractivity contribution in [2.75, 3.05) is 0 Å². The van der Waals surface area contributed by atoms with Gasteiger partial charge in [0.25, 0.3) is 0 Å². The number of aromatic nitrogens is 1. The Balaban J connectivity index is 2.60. The van der Waals surface area contributed by atoms with Crippen molar-refractivity contribution in [2.24, 2.45) is 11.7 Å². The molecule has 0 fully saturated rings. The molecule has 0 aromatic carbocycles. The van der Waals surface area contributed by atoms with Crippen molar-refractivity contribution in [2.45, 2.75) is 25.8 Å². The third-order valence-corrected chi connectivity index (χ3v) is 2.56. The smallest absolute Gasteiger partial charge is 0.320 e. The third-order valence-electron chi connectivity index (χ3n) is 2.56. The molecule has 2 atom stereocenters. The number of ketones is 1. The first kappa shape index (κ1) is 14.1. The van der Waals surface area contributed by atoms with Gasteiger partial charge in [0.1, 0.15) is 17.5 Å². The Morgan fingerprint density at radius 1 is 1.50 bits per heavy atom. The maximum atomic E-state index is 11.8. The van der Waals surface area contributed by atoms with Crippen LogP contribution in [0.15, 0.2) is 18.3 Å². The molecule has 1 aromatic rings. The van der Waals surface area contributed by atoms with Crippen molar-refractivity contribution >= 4 is 11.8 Å². The van der Waals surface area contributed by atoms with Crippen LogP contribution >= 0.6 is 0 Å². The van der Waals surface area contributed by atoms with Gasteiger partial charge in [0, 0.05) is 12.6 Å². The van der Waals surface area contributed by atoms with E-state index in [-0.39, 0.29) is 36.0 Å². The molecule has 0 saturated carbocycles. The van der Waals surface area contributed by atoms with E-state index in [0.717, 1.165) is 0 Å². The van der Waals surface area contributed by atoms with Gasteiger partial charge in [0.2, 0.25) is 0 Å². The zero-order valence-corrected chi connectivity index (χ0v) is 10.0. The summed E-state index contributed by atoms with van der Waals surface area (Å²) in [7, 11) is 0. The van der Waals surface area contributed by atoms with Gasteiger partial charge in [-0.05, 0) is 24.5 Å². The van der Waals surface area contributed by atoms with Crippen LogP contribution in [0.25, 0.3) is 0 Å². The molecule has 1 heterocycles. The van der Waals surface area contributed by atoms with Gasteiger partial charge in [0.05, 0.1) is 0 Å². The summed E-state index contributed by atoms with van der Waals surface area (Å²) in [5.74, 6) is -1.77. The highest BCUT2D eigenvalue weighted by Gasteiger charge is 2.20. The number of carbonyl (C=O) groups is 2. The second kappa shape index (κ2) is 6.11. The number of pyridine rings is 1. The molecule has 6 nitrogen and oxygen atoms in total. The minimum absolute atomic E-state index is 0.00764.